The summed E-state index contributed by atoms with van der Waals surface area (Å²) in [6.45, 7) is 8.98. The lowest BCUT2D eigenvalue weighted by Crippen LogP contribution is -2.25. The number of rotatable bonds is 4. The molecule has 5 nitrogen and oxygen atoms in total. The van der Waals surface area contributed by atoms with E-state index in [4.69, 9.17) is 16.3 Å². The first-order chi connectivity index (χ1) is 8.50. The predicted molar refractivity (Wildman–Crippen MR) is 71.2 cm³/mol. The second-order valence-corrected chi connectivity index (χ2v) is 5.71. The van der Waals surface area contributed by atoms with E-state index in [9.17, 15) is 0 Å². The van der Waals surface area contributed by atoms with Gasteiger partial charge in [-0.2, -0.15) is 15.0 Å². The Bertz CT molecular complexity index is 425. The summed E-state index contributed by atoms with van der Waals surface area (Å²) in [5, 5.41) is 0.191. The molecular weight excluding hydrogens is 252 g/mol. The average molecular weight is 271 g/mol. The third kappa shape index (κ3) is 3.22. The fourth-order valence-corrected chi connectivity index (χ4v) is 2.15. The SMILES string of the molecule is CCCOc1nc(Cl)nc(N2CCC(C)(C)C2)n1. The van der Waals surface area contributed by atoms with Crippen LogP contribution in [0.4, 0.5) is 5.95 Å². The second-order valence-electron chi connectivity index (χ2n) is 5.37. The van der Waals surface area contributed by atoms with Gasteiger partial charge in [0.15, 0.2) is 0 Å². The van der Waals surface area contributed by atoms with Gasteiger partial charge in [0, 0.05) is 13.1 Å². The molecule has 0 unspecified atom stereocenters. The molecule has 1 aromatic heterocycles. The van der Waals surface area contributed by atoms with E-state index in [1.54, 1.807) is 0 Å². The van der Waals surface area contributed by atoms with E-state index in [2.05, 4.69) is 33.7 Å². The summed E-state index contributed by atoms with van der Waals surface area (Å²) in [7, 11) is 0. The molecule has 1 aromatic rings. The highest BCUT2D eigenvalue weighted by atomic mass is 35.5. The van der Waals surface area contributed by atoms with Crippen LogP contribution in [0.25, 0.3) is 0 Å². The first-order valence-electron chi connectivity index (χ1n) is 6.29. The van der Waals surface area contributed by atoms with Crippen molar-refractivity contribution in [1.82, 2.24) is 15.0 Å². The summed E-state index contributed by atoms with van der Waals surface area (Å²) in [5.74, 6) is 0.617. The standard InChI is InChI=1S/C12H19ClN4O/c1-4-7-18-11-15-9(13)14-10(16-11)17-6-5-12(2,3)8-17/h4-8H2,1-3H3. The Balaban J connectivity index is 2.15. The molecule has 1 aliphatic heterocycles. The molecule has 0 amide bonds. The molecule has 18 heavy (non-hydrogen) atoms. The van der Waals surface area contributed by atoms with Crippen molar-refractivity contribution in [1.29, 1.82) is 0 Å². The lowest BCUT2D eigenvalue weighted by atomic mass is 9.93. The van der Waals surface area contributed by atoms with Crippen molar-refractivity contribution in [3.8, 4) is 6.01 Å². The maximum absolute atomic E-state index is 5.91. The van der Waals surface area contributed by atoms with E-state index < -0.39 is 0 Å². The van der Waals surface area contributed by atoms with Crippen molar-refractivity contribution in [2.24, 2.45) is 5.41 Å². The van der Waals surface area contributed by atoms with Crippen LogP contribution < -0.4 is 9.64 Å². The van der Waals surface area contributed by atoms with E-state index in [-0.39, 0.29) is 5.28 Å². The quantitative estimate of drug-likeness (QED) is 0.842. The van der Waals surface area contributed by atoms with E-state index >= 15 is 0 Å². The number of aromatic nitrogens is 3. The molecule has 0 saturated carbocycles. The van der Waals surface area contributed by atoms with E-state index in [0.29, 0.717) is 24.0 Å². The number of nitrogens with zero attached hydrogens (tertiary/aromatic N) is 4. The van der Waals surface area contributed by atoms with Gasteiger partial charge in [-0.3, -0.25) is 0 Å². The number of hydrogen-bond acceptors (Lipinski definition) is 5. The van der Waals surface area contributed by atoms with Gasteiger partial charge in [0.05, 0.1) is 6.61 Å². The van der Waals surface area contributed by atoms with Crippen LogP contribution in [0.1, 0.15) is 33.6 Å². The fraction of sp³-hybridized carbons (Fsp3) is 0.750. The number of hydrogen-bond donors (Lipinski definition) is 0. The van der Waals surface area contributed by atoms with Crippen LogP contribution in [-0.2, 0) is 0 Å². The molecule has 2 heterocycles. The van der Waals surface area contributed by atoms with Gasteiger partial charge in [0.2, 0.25) is 11.2 Å². The summed E-state index contributed by atoms with van der Waals surface area (Å²) in [6.07, 6.45) is 2.04. The normalized spacial score (nSPS) is 18.1. The summed E-state index contributed by atoms with van der Waals surface area (Å²) < 4.78 is 5.41. The van der Waals surface area contributed by atoms with Crippen LogP contribution in [0.15, 0.2) is 0 Å². The Morgan fingerprint density at radius 2 is 2.11 bits per heavy atom. The smallest absolute Gasteiger partial charge is 0.322 e. The van der Waals surface area contributed by atoms with Gasteiger partial charge in [-0.25, -0.2) is 0 Å². The van der Waals surface area contributed by atoms with Gasteiger partial charge in [-0.05, 0) is 29.9 Å². The van der Waals surface area contributed by atoms with E-state index in [0.717, 1.165) is 25.9 Å². The predicted octanol–water partition coefficient (Wildman–Crippen LogP) is 2.55. The van der Waals surface area contributed by atoms with Crippen molar-refractivity contribution in [2.45, 2.75) is 33.6 Å². The van der Waals surface area contributed by atoms with Gasteiger partial charge in [0.25, 0.3) is 0 Å². The summed E-state index contributed by atoms with van der Waals surface area (Å²) in [5.41, 5.74) is 0.295. The van der Waals surface area contributed by atoms with Gasteiger partial charge in [0.1, 0.15) is 0 Å². The Labute approximate surface area is 113 Å². The third-order valence-corrected chi connectivity index (χ3v) is 3.14. The van der Waals surface area contributed by atoms with Gasteiger partial charge < -0.3 is 9.64 Å². The molecule has 0 N–H and O–H groups in total. The lowest BCUT2D eigenvalue weighted by Gasteiger charge is -2.19. The molecule has 0 aromatic carbocycles. The first-order valence-corrected chi connectivity index (χ1v) is 6.67. The minimum absolute atomic E-state index is 0.191. The lowest BCUT2D eigenvalue weighted by molar-refractivity contribution is 0.291. The Morgan fingerprint density at radius 3 is 2.72 bits per heavy atom. The molecule has 0 atom stereocenters. The van der Waals surface area contributed by atoms with Crippen LogP contribution >= 0.6 is 11.6 Å². The summed E-state index contributed by atoms with van der Waals surface area (Å²) >= 11 is 5.91. The first kappa shape index (κ1) is 13.3. The van der Waals surface area contributed by atoms with Crippen molar-refractivity contribution < 1.29 is 4.74 Å². The Morgan fingerprint density at radius 1 is 1.33 bits per heavy atom. The minimum Gasteiger partial charge on any atom is -0.463 e. The highest BCUT2D eigenvalue weighted by Crippen LogP contribution is 2.31. The highest BCUT2D eigenvalue weighted by molar-refractivity contribution is 6.28. The van der Waals surface area contributed by atoms with Crippen LogP contribution in [0, 0.1) is 5.41 Å². The van der Waals surface area contributed by atoms with Crippen LogP contribution in [0.3, 0.4) is 0 Å². The Hall–Kier alpha value is -1.10. The van der Waals surface area contributed by atoms with Gasteiger partial charge >= 0.3 is 6.01 Å². The molecule has 0 radical (unpaired) electrons. The molecule has 0 aliphatic carbocycles. The topological polar surface area (TPSA) is 51.1 Å². The number of halogens is 1. The molecule has 1 fully saturated rings. The fourth-order valence-electron chi connectivity index (χ4n) is 2.00. The number of anilines is 1. The largest absolute Gasteiger partial charge is 0.463 e. The zero-order valence-electron chi connectivity index (χ0n) is 11.1. The third-order valence-electron chi connectivity index (χ3n) is 2.97. The minimum atomic E-state index is 0.191. The van der Waals surface area contributed by atoms with Crippen LogP contribution in [-0.4, -0.2) is 34.6 Å². The zero-order valence-corrected chi connectivity index (χ0v) is 11.9. The van der Waals surface area contributed by atoms with Gasteiger partial charge in [-0.15, -0.1) is 0 Å². The van der Waals surface area contributed by atoms with Crippen molar-refractivity contribution in [3.63, 3.8) is 0 Å². The number of ether oxygens (including phenoxy) is 1. The molecule has 2 rings (SSSR count). The molecule has 6 heteroatoms. The van der Waals surface area contributed by atoms with Crippen LogP contribution in [0.5, 0.6) is 6.01 Å². The maximum Gasteiger partial charge on any atom is 0.322 e. The molecule has 1 aliphatic rings. The van der Waals surface area contributed by atoms with E-state index in [1.807, 2.05) is 6.92 Å². The van der Waals surface area contributed by atoms with Gasteiger partial charge in [-0.1, -0.05) is 20.8 Å². The molecule has 1 saturated heterocycles. The maximum atomic E-state index is 5.91. The van der Waals surface area contributed by atoms with Crippen LogP contribution in [0.2, 0.25) is 5.28 Å². The average Bonchev–Trinajstić information content (AvgIpc) is 2.66. The monoisotopic (exact) mass is 270 g/mol. The van der Waals surface area contributed by atoms with E-state index in [1.165, 1.54) is 0 Å². The molecule has 0 bridgehead atoms. The van der Waals surface area contributed by atoms with Crippen molar-refractivity contribution in [2.75, 3.05) is 24.6 Å². The van der Waals surface area contributed by atoms with Crippen molar-refractivity contribution >= 4 is 17.5 Å². The molecular formula is C12H19ClN4O. The molecule has 0 spiro atoms. The molecule has 100 valence electrons. The van der Waals surface area contributed by atoms with Crippen molar-refractivity contribution in [3.05, 3.63) is 5.28 Å². The Kier molecular flexibility index (Phi) is 3.90. The highest BCUT2D eigenvalue weighted by Gasteiger charge is 2.31. The zero-order chi connectivity index (χ0) is 13.2. The summed E-state index contributed by atoms with van der Waals surface area (Å²) in [6, 6.07) is 0.316. The summed E-state index contributed by atoms with van der Waals surface area (Å²) in [4.78, 5) is 14.6. The second kappa shape index (κ2) is 5.26.